The topological polar surface area (TPSA) is 26.3 Å². The normalized spacial score (nSPS) is 10.3. The zero-order valence-corrected chi connectivity index (χ0v) is 9.72. The van der Waals surface area contributed by atoms with E-state index in [1.807, 2.05) is 13.8 Å². The smallest absolute Gasteiger partial charge is 0.311 e. The van der Waals surface area contributed by atoms with Gasteiger partial charge in [0.1, 0.15) is 0 Å². The van der Waals surface area contributed by atoms with Crippen molar-refractivity contribution in [2.24, 2.45) is 5.41 Å². The summed E-state index contributed by atoms with van der Waals surface area (Å²) in [5, 5.41) is 0. The molecule has 0 atom stereocenters. The van der Waals surface area contributed by atoms with E-state index in [2.05, 4.69) is 11.7 Å². The molecule has 0 fully saturated rings. The molecule has 0 rings (SSSR count). The van der Waals surface area contributed by atoms with Crippen LogP contribution in [0.4, 0.5) is 0 Å². The first kappa shape index (κ1) is 14.7. The molecule has 0 aliphatic rings. The Hall–Kier alpha value is 0.210. The fourth-order valence-corrected chi connectivity index (χ4v) is 0.997. The molecule has 0 aliphatic carbocycles. The minimum absolute atomic E-state index is 0. The van der Waals surface area contributed by atoms with Crippen LogP contribution in [0.3, 0.4) is 0 Å². The summed E-state index contributed by atoms with van der Waals surface area (Å²) in [4.78, 5) is 11.1. The fraction of sp³-hybridized carbons (Fsp3) is 0.889. The summed E-state index contributed by atoms with van der Waals surface area (Å²) >= 11 is 0. The molecule has 77 valence electrons. The molecular formula is C9H18AgO2. The summed E-state index contributed by atoms with van der Waals surface area (Å²) in [5.74, 6) is -0.106. The first-order valence-corrected chi connectivity index (χ1v) is 4.13. The van der Waals surface area contributed by atoms with Gasteiger partial charge in [-0.25, -0.2) is 0 Å². The molecule has 12 heavy (non-hydrogen) atoms. The van der Waals surface area contributed by atoms with Crippen molar-refractivity contribution in [3.05, 3.63) is 0 Å². The van der Waals surface area contributed by atoms with Crippen molar-refractivity contribution >= 4 is 5.97 Å². The van der Waals surface area contributed by atoms with Crippen LogP contribution in [0.2, 0.25) is 0 Å². The largest absolute Gasteiger partial charge is 0.469 e. The summed E-state index contributed by atoms with van der Waals surface area (Å²) in [6, 6.07) is 0. The van der Waals surface area contributed by atoms with Gasteiger partial charge in [0.2, 0.25) is 0 Å². The molecule has 3 heteroatoms. The molecule has 0 aromatic heterocycles. The average Bonchev–Trinajstić information content (AvgIpc) is 1.99. The van der Waals surface area contributed by atoms with Crippen molar-refractivity contribution < 1.29 is 31.9 Å². The van der Waals surface area contributed by atoms with Gasteiger partial charge in [-0.15, -0.1) is 0 Å². The molecule has 0 bridgehead atoms. The van der Waals surface area contributed by atoms with E-state index in [0.29, 0.717) is 0 Å². The Balaban J connectivity index is 0. The maximum absolute atomic E-state index is 11.1. The zero-order chi connectivity index (χ0) is 8.91. The number of esters is 1. The average molecular weight is 266 g/mol. The Labute approximate surface area is 90.6 Å². The Kier molecular flexibility index (Phi) is 8.21. The zero-order valence-electron chi connectivity index (χ0n) is 8.24. The van der Waals surface area contributed by atoms with Crippen molar-refractivity contribution in [2.75, 3.05) is 7.11 Å². The maximum atomic E-state index is 11.1. The predicted molar refractivity (Wildman–Crippen MR) is 45.3 cm³/mol. The standard InChI is InChI=1S/C9H18O2.Ag/c1-5-6-7-9(2,3)8(10)11-4;/h5-7H2,1-4H3;. The van der Waals surface area contributed by atoms with E-state index in [9.17, 15) is 4.79 Å². The number of hydrogen-bond donors (Lipinski definition) is 0. The van der Waals surface area contributed by atoms with Crippen LogP contribution in [0.5, 0.6) is 0 Å². The molecule has 0 aliphatic heterocycles. The van der Waals surface area contributed by atoms with E-state index in [4.69, 9.17) is 0 Å². The van der Waals surface area contributed by atoms with Crippen LogP contribution in [-0.4, -0.2) is 13.1 Å². The van der Waals surface area contributed by atoms with Crippen molar-refractivity contribution in [3.8, 4) is 0 Å². The molecule has 0 aromatic rings. The van der Waals surface area contributed by atoms with Gasteiger partial charge < -0.3 is 4.74 Å². The van der Waals surface area contributed by atoms with Crippen LogP contribution in [0, 0.1) is 5.41 Å². The first-order valence-electron chi connectivity index (χ1n) is 4.13. The third-order valence-electron chi connectivity index (χ3n) is 1.89. The van der Waals surface area contributed by atoms with Gasteiger partial charge in [0.15, 0.2) is 0 Å². The summed E-state index contributed by atoms with van der Waals surface area (Å²) in [6.07, 6.45) is 3.12. The maximum Gasteiger partial charge on any atom is 0.311 e. The van der Waals surface area contributed by atoms with Gasteiger partial charge >= 0.3 is 5.97 Å². The second-order valence-electron chi connectivity index (χ2n) is 3.48. The minimum atomic E-state index is -0.301. The van der Waals surface area contributed by atoms with E-state index in [0.717, 1.165) is 19.3 Å². The quantitative estimate of drug-likeness (QED) is 0.576. The van der Waals surface area contributed by atoms with Gasteiger partial charge in [-0.3, -0.25) is 4.79 Å². The molecule has 2 nitrogen and oxygen atoms in total. The van der Waals surface area contributed by atoms with Crippen LogP contribution in [0.15, 0.2) is 0 Å². The molecule has 0 unspecified atom stereocenters. The predicted octanol–water partition coefficient (Wildman–Crippen LogP) is 2.37. The number of rotatable bonds is 4. The van der Waals surface area contributed by atoms with E-state index in [1.54, 1.807) is 0 Å². The molecular weight excluding hydrogens is 248 g/mol. The van der Waals surface area contributed by atoms with Crippen molar-refractivity contribution in [1.82, 2.24) is 0 Å². The van der Waals surface area contributed by atoms with Gasteiger partial charge in [-0.05, 0) is 20.3 Å². The Morgan fingerprint density at radius 1 is 1.42 bits per heavy atom. The monoisotopic (exact) mass is 265 g/mol. The molecule has 0 heterocycles. The van der Waals surface area contributed by atoms with Crippen LogP contribution >= 0.6 is 0 Å². The molecule has 0 spiro atoms. The number of unbranched alkanes of at least 4 members (excludes halogenated alkanes) is 1. The Morgan fingerprint density at radius 2 is 1.92 bits per heavy atom. The van der Waals surface area contributed by atoms with Crippen LogP contribution in [-0.2, 0) is 31.9 Å². The van der Waals surface area contributed by atoms with Gasteiger partial charge in [0.25, 0.3) is 0 Å². The Morgan fingerprint density at radius 3 is 2.25 bits per heavy atom. The van der Waals surface area contributed by atoms with E-state index < -0.39 is 0 Å². The molecule has 0 saturated carbocycles. The molecule has 1 radical (unpaired) electrons. The van der Waals surface area contributed by atoms with Gasteiger partial charge in [-0.1, -0.05) is 19.8 Å². The molecule has 0 amide bonds. The van der Waals surface area contributed by atoms with E-state index >= 15 is 0 Å². The van der Waals surface area contributed by atoms with Gasteiger partial charge in [0, 0.05) is 22.4 Å². The summed E-state index contributed by atoms with van der Waals surface area (Å²) in [7, 11) is 1.44. The second kappa shape index (κ2) is 6.70. The number of hydrogen-bond acceptors (Lipinski definition) is 2. The summed E-state index contributed by atoms with van der Waals surface area (Å²) in [5.41, 5.74) is -0.301. The number of carbonyl (C=O) groups excluding carboxylic acids is 1. The van der Waals surface area contributed by atoms with Crippen LogP contribution in [0.1, 0.15) is 40.0 Å². The summed E-state index contributed by atoms with van der Waals surface area (Å²) < 4.78 is 4.67. The van der Waals surface area contributed by atoms with Gasteiger partial charge in [-0.2, -0.15) is 0 Å². The number of carbonyl (C=O) groups is 1. The minimum Gasteiger partial charge on any atom is -0.469 e. The van der Waals surface area contributed by atoms with Crippen molar-refractivity contribution in [3.63, 3.8) is 0 Å². The molecule has 0 aromatic carbocycles. The van der Waals surface area contributed by atoms with Crippen LogP contribution < -0.4 is 0 Å². The second-order valence-corrected chi connectivity index (χ2v) is 3.48. The van der Waals surface area contributed by atoms with E-state index in [-0.39, 0.29) is 33.8 Å². The first-order chi connectivity index (χ1) is 5.04. The molecule has 0 N–H and O–H groups in total. The number of ether oxygens (including phenoxy) is 1. The third-order valence-corrected chi connectivity index (χ3v) is 1.89. The SMILES string of the molecule is CCCCC(C)(C)C(=O)OC.[Ag]. The third kappa shape index (κ3) is 4.96. The fourth-order valence-electron chi connectivity index (χ4n) is 0.997. The Bertz CT molecular complexity index is 132. The van der Waals surface area contributed by atoms with Crippen molar-refractivity contribution in [2.45, 2.75) is 40.0 Å². The molecule has 0 saturated heterocycles. The number of methoxy groups -OCH3 is 1. The summed E-state index contributed by atoms with van der Waals surface area (Å²) in [6.45, 7) is 5.97. The van der Waals surface area contributed by atoms with Gasteiger partial charge in [0.05, 0.1) is 12.5 Å². The van der Waals surface area contributed by atoms with Crippen molar-refractivity contribution in [1.29, 1.82) is 0 Å². The van der Waals surface area contributed by atoms with Crippen LogP contribution in [0.25, 0.3) is 0 Å². The van der Waals surface area contributed by atoms with E-state index in [1.165, 1.54) is 7.11 Å².